The normalized spacial score (nSPS) is 19.1. The van der Waals surface area contributed by atoms with Crippen LogP contribution in [-0.2, 0) is 16.1 Å². The SMILES string of the molecule is CCn1cc(N)cc1C(=O)NC1CCC(=O)NC1=O. The Bertz CT molecular complexity index is 535. The molecule has 7 heteroatoms. The van der Waals surface area contributed by atoms with Crippen molar-refractivity contribution in [2.24, 2.45) is 0 Å². The van der Waals surface area contributed by atoms with Gasteiger partial charge in [0.1, 0.15) is 11.7 Å². The Balaban J connectivity index is 2.08. The molecular formula is C12H16N4O3. The quantitative estimate of drug-likeness (QED) is 0.647. The standard InChI is InChI=1S/C12H16N4O3/c1-2-16-6-7(13)5-9(16)12(19)14-8-3-4-10(17)15-11(8)18/h5-6,8H,2-4,13H2,1H3,(H,14,19)(H,15,17,18). The number of piperidine rings is 1. The Labute approximate surface area is 110 Å². The van der Waals surface area contributed by atoms with Gasteiger partial charge in [0.15, 0.2) is 0 Å². The van der Waals surface area contributed by atoms with E-state index in [-0.39, 0.29) is 18.2 Å². The molecule has 102 valence electrons. The largest absolute Gasteiger partial charge is 0.397 e. The first kappa shape index (κ1) is 13.1. The van der Waals surface area contributed by atoms with Crippen LogP contribution in [-0.4, -0.2) is 28.3 Å². The highest BCUT2D eigenvalue weighted by atomic mass is 16.2. The molecule has 1 fully saturated rings. The predicted molar refractivity (Wildman–Crippen MR) is 68.2 cm³/mol. The molecule has 1 aromatic heterocycles. The number of carbonyl (C=O) groups excluding carboxylic acids is 3. The number of hydrogen-bond donors (Lipinski definition) is 3. The van der Waals surface area contributed by atoms with Crippen molar-refractivity contribution in [3.63, 3.8) is 0 Å². The molecule has 0 saturated carbocycles. The predicted octanol–water partition coefficient (Wildman–Crippen LogP) is -0.375. The second kappa shape index (κ2) is 5.13. The molecule has 7 nitrogen and oxygen atoms in total. The van der Waals surface area contributed by atoms with Gasteiger partial charge in [0, 0.05) is 19.2 Å². The van der Waals surface area contributed by atoms with Gasteiger partial charge < -0.3 is 15.6 Å². The van der Waals surface area contributed by atoms with E-state index in [2.05, 4.69) is 10.6 Å². The van der Waals surface area contributed by atoms with Gasteiger partial charge in [-0.05, 0) is 19.4 Å². The highest BCUT2D eigenvalue weighted by Crippen LogP contribution is 2.12. The summed E-state index contributed by atoms with van der Waals surface area (Å²) in [4.78, 5) is 34.6. The molecule has 1 aliphatic heterocycles. The number of nitrogens with zero attached hydrogens (tertiary/aromatic N) is 1. The van der Waals surface area contributed by atoms with Gasteiger partial charge in [0.25, 0.3) is 5.91 Å². The maximum absolute atomic E-state index is 12.1. The average molecular weight is 264 g/mol. The first-order valence-electron chi connectivity index (χ1n) is 6.11. The minimum atomic E-state index is -0.674. The minimum Gasteiger partial charge on any atom is -0.397 e. The lowest BCUT2D eigenvalue weighted by Gasteiger charge is -2.21. The summed E-state index contributed by atoms with van der Waals surface area (Å²) in [5.41, 5.74) is 6.55. The van der Waals surface area contributed by atoms with Crippen LogP contribution >= 0.6 is 0 Å². The van der Waals surface area contributed by atoms with Gasteiger partial charge in [-0.2, -0.15) is 0 Å². The van der Waals surface area contributed by atoms with E-state index in [1.165, 1.54) is 0 Å². The summed E-state index contributed by atoms with van der Waals surface area (Å²) in [5.74, 6) is -1.14. The molecule has 1 aromatic rings. The van der Waals surface area contributed by atoms with Crippen molar-refractivity contribution in [1.82, 2.24) is 15.2 Å². The molecule has 1 aliphatic rings. The Kier molecular flexibility index (Phi) is 3.55. The lowest BCUT2D eigenvalue weighted by molar-refractivity contribution is -0.134. The van der Waals surface area contributed by atoms with E-state index in [9.17, 15) is 14.4 Å². The number of carbonyl (C=O) groups is 3. The molecule has 1 atom stereocenters. The minimum absolute atomic E-state index is 0.230. The van der Waals surface area contributed by atoms with Gasteiger partial charge in [0.2, 0.25) is 11.8 Å². The molecule has 0 spiro atoms. The number of hydrogen-bond acceptors (Lipinski definition) is 4. The summed E-state index contributed by atoms with van der Waals surface area (Å²) >= 11 is 0. The van der Waals surface area contributed by atoms with Crippen molar-refractivity contribution >= 4 is 23.4 Å². The zero-order chi connectivity index (χ0) is 14.0. The number of aryl methyl sites for hydroxylation is 1. The van der Waals surface area contributed by atoms with Crippen molar-refractivity contribution in [3.05, 3.63) is 18.0 Å². The van der Waals surface area contributed by atoms with E-state index in [0.717, 1.165) is 0 Å². The number of nitrogens with two attached hydrogens (primary N) is 1. The van der Waals surface area contributed by atoms with Gasteiger partial charge in [0.05, 0.1) is 5.69 Å². The molecule has 0 radical (unpaired) electrons. The summed E-state index contributed by atoms with van der Waals surface area (Å²) < 4.78 is 1.70. The second-order valence-corrected chi connectivity index (χ2v) is 4.42. The van der Waals surface area contributed by atoms with Crippen LogP contribution in [0.2, 0.25) is 0 Å². The molecule has 0 bridgehead atoms. The van der Waals surface area contributed by atoms with Crippen LogP contribution in [0.4, 0.5) is 5.69 Å². The van der Waals surface area contributed by atoms with Gasteiger partial charge in [-0.15, -0.1) is 0 Å². The van der Waals surface area contributed by atoms with Gasteiger partial charge >= 0.3 is 0 Å². The molecule has 0 aromatic carbocycles. The molecule has 19 heavy (non-hydrogen) atoms. The molecule has 2 heterocycles. The Morgan fingerprint density at radius 3 is 2.95 bits per heavy atom. The third kappa shape index (κ3) is 2.75. The van der Waals surface area contributed by atoms with Gasteiger partial charge in [-0.3, -0.25) is 19.7 Å². The number of nitrogens with one attached hydrogen (secondary N) is 2. The smallest absolute Gasteiger partial charge is 0.268 e. The van der Waals surface area contributed by atoms with Crippen LogP contribution < -0.4 is 16.4 Å². The summed E-state index contributed by atoms with van der Waals surface area (Å²) in [6.45, 7) is 2.50. The highest BCUT2D eigenvalue weighted by Gasteiger charge is 2.28. The summed E-state index contributed by atoms with van der Waals surface area (Å²) in [5, 5.41) is 4.81. The van der Waals surface area contributed by atoms with Crippen LogP contribution in [0.5, 0.6) is 0 Å². The lowest BCUT2D eigenvalue weighted by atomic mass is 10.1. The van der Waals surface area contributed by atoms with E-state index < -0.39 is 11.9 Å². The van der Waals surface area contributed by atoms with Crippen LogP contribution in [0.3, 0.4) is 0 Å². The highest BCUT2D eigenvalue weighted by molar-refractivity contribution is 6.03. The van der Waals surface area contributed by atoms with Crippen molar-refractivity contribution in [3.8, 4) is 0 Å². The zero-order valence-corrected chi connectivity index (χ0v) is 10.6. The van der Waals surface area contributed by atoms with Crippen molar-refractivity contribution in [1.29, 1.82) is 0 Å². The third-order valence-corrected chi connectivity index (χ3v) is 3.04. The molecule has 3 amide bonds. The van der Waals surface area contributed by atoms with E-state index >= 15 is 0 Å². The van der Waals surface area contributed by atoms with Crippen molar-refractivity contribution in [2.45, 2.75) is 32.4 Å². The fourth-order valence-corrected chi connectivity index (χ4v) is 2.05. The summed E-state index contributed by atoms with van der Waals surface area (Å²) in [6, 6.07) is 0.886. The number of nitrogen functional groups attached to an aromatic ring is 1. The number of anilines is 1. The second-order valence-electron chi connectivity index (χ2n) is 4.42. The van der Waals surface area contributed by atoms with Crippen molar-refractivity contribution < 1.29 is 14.4 Å². The maximum Gasteiger partial charge on any atom is 0.268 e. The van der Waals surface area contributed by atoms with Crippen LogP contribution in [0.15, 0.2) is 12.3 Å². The fraction of sp³-hybridized carbons (Fsp3) is 0.417. The van der Waals surface area contributed by atoms with E-state index in [1.807, 2.05) is 6.92 Å². The first-order valence-corrected chi connectivity index (χ1v) is 6.11. The Morgan fingerprint density at radius 1 is 1.58 bits per heavy atom. The van der Waals surface area contributed by atoms with Crippen molar-refractivity contribution in [2.75, 3.05) is 5.73 Å². The lowest BCUT2D eigenvalue weighted by Crippen LogP contribution is -2.52. The van der Waals surface area contributed by atoms with E-state index in [0.29, 0.717) is 24.3 Å². The molecule has 2 rings (SSSR count). The maximum atomic E-state index is 12.1. The van der Waals surface area contributed by atoms with Gasteiger partial charge in [-0.25, -0.2) is 0 Å². The topological polar surface area (TPSA) is 106 Å². The third-order valence-electron chi connectivity index (χ3n) is 3.04. The number of amides is 3. The van der Waals surface area contributed by atoms with E-state index in [4.69, 9.17) is 5.73 Å². The molecule has 0 aliphatic carbocycles. The average Bonchev–Trinajstić information content (AvgIpc) is 2.74. The molecule has 1 saturated heterocycles. The number of imide groups is 1. The van der Waals surface area contributed by atoms with Gasteiger partial charge in [-0.1, -0.05) is 0 Å². The molecular weight excluding hydrogens is 248 g/mol. The number of rotatable bonds is 3. The monoisotopic (exact) mass is 264 g/mol. The Hall–Kier alpha value is -2.31. The summed E-state index contributed by atoms with van der Waals surface area (Å²) in [6.07, 6.45) is 2.21. The van der Waals surface area contributed by atoms with Crippen LogP contribution in [0, 0.1) is 0 Å². The van der Waals surface area contributed by atoms with Crippen LogP contribution in [0.25, 0.3) is 0 Å². The number of aromatic nitrogens is 1. The fourth-order valence-electron chi connectivity index (χ4n) is 2.05. The summed E-state index contributed by atoms with van der Waals surface area (Å²) in [7, 11) is 0. The van der Waals surface area contributed by atoms with E-state index in [1.54, 1.807) is 16.8 Å². The first-order chi connectivity index (χ1) is 9.01. The zero-order valence-electron chi connectivity index (χ0n) is 10.6. The molecule has 4 N–H and O–H groups in total. The molecule has 1 unspecified atom stereocenters. The van der Waals surface area contributed by atoms with Crippen LogP contribution in [0.1, 0.15) is 30.3 Å². The Morgan fingerprint density at radius 2 is 2.32 bits per heavy atom.